The van der Waals surface area contributed by atoms with Gasteiger partial charge < -0.3 is 14.5 Å². The average Bonchev–Trinajstić information content (AvgIpc) is 2.68. The Balaban J connectivity index is 1.72. The van der Waals surface area contributed by atoms with E-state index in [1.54, 1.807) is 0 Å². The van der Waals surface area contributed by atoms with Gasteiger partial charge in [-0.3, -0.25) is 14.5 Å². The van der Waals surface area contributed by atoms with E-state index in [0.717, 1.165) is 38.3 Å². The van der Waals surface area contributed by atoms with E-state index >= 15 is 0 Å². The van der Waals surface area contributed by atoms with Gasteiger partial charge in [0.25, 0.3) is 5.91 Å². The number of ether oxygens (including phenoxy) is 1. The minimum absolute atomic E-state index is 0.000660. The summed E-state index contributed by atoms with van der Waals surface area (Å²) >= 11 is 0. The molecule has 2 amide bonds. The Bertz CT molecular complexity index is 576. The molecule has 0 aromatic heterocycles. The monoisotopic (exact) mass is 361 g/mol. The van der Waals surface area contributed by atoms with Crippen molar-refractivity contribution in [3.63, 3.8) is 0 Å². The number of rotatable bonds is 8. The Kier molecular flexibility index (Phi) is 7.91. The van der Waals surface area contributed by atoms with Crippen molar-refractivity contribution in [1.29, 1.82) is 0 Å². The molecule has 1 aromatic carbocycles. The maximum atomic E-state index is 12.3. The van der Waals surface area contributed by atoms with Gasteiger partial charge in [0.05, 0.1) is 6.54 Å². The van der Waals surface area contributed by atoms with Gasteiger partial charge in [0.1, 0.15) is 5.75 Å². The van der Waals surface area contributed by atoms with Crippen LogP contribution in [0.15, 0.2) is 24.3 Å². The predicted octanol–water partition coefficient (Wildman–Crippen LogP) is 1.64. The predicted molar refractivity (Wildman–Crippen MR) is 102 cm³/mol. The third-order valence-corrected chi connectivity index (χ3v) is 4.89. The van der Waals surface area contributed by atoms with E-state index in [-0.39, 0.29) is 18.4 Å². The van der Waals surface area contributed by atoms with Gasteiger partial charge in [0.15, 0.2) is 6.61 Å². The molecule has 1 heterocycles. The number of amides is 2. The number of aryl methyl sites for hydroxylation is 1. The van der Waals surface area contributed by atoms with Crippen molar-refractivity contribution < 1.29 is 14.3 Å². The molecule has 0 atom stereocenters. The second-order valence-corrected chi connectivity index (χ2v) is 6.51. The van der Waals surface area contributed by atoms with Gasteiger partial charge >= 0.3 is 0 Å². The third kappa shape index (κ3) is 5.73. The fourth-order valence-electron chi connectivity index (χ4n) is 3.08. The quantitative estimate of drug-likeness (QED) is 0.706. The average molecular weight is 361 g/mol. The summed E-state index contributed by atoms with van der Waals surface area (Å²) in [5.41, 5.74) is 1.25. The second-order valence-electron chi connectivity index (χ2n) is 6.51. The fourth-order valence-corrected chi connectivity index (χ4v) is 3.08. The van der Waals surface area contributed by atoms with Crippen LogP contribution in [-0.4, -0.2) is 78.9 Å². The standard InChI is InChI=1S/C20H31N3O3/c1-4-17-7-9-18(10-8-17)26-16-20(25)23-13-11-21(12-14-23)15-19(24)22(5-2)6-3/h7-10H,4-6,11-16H2,1-3H3. The summed E-state index contributed by atoms with van der Waals surface area (Å²) in [6.45, 7) is 10.8. The molecule has 6 nitrogen and oxygen atoms in total. The Hall–Kier alpha value is -2.08. The smallest absolute Gasteiger partial charge is 0.260 e. The summed E-state index contributed by atoms with van der Waals surface area (Å²) in [7, 11) is 0. The van der Waals surface area contributed by atoms with Crippen molar-refractivity contribution in [2.45, 2.75) is 27.2 Å². The summed E-state index contributed by atoms with van der Waals surface area (Å²) < 4.78 is 5.61. The lowest BCUT2D eigenvalue weighted by atomic mass is 10.2. The molecule has 1 fully saturated rings. The first-order valence-electron chi connectivity index (χ1n) is 9.57. The molecule has 6 heteroatoms. The molecular formula is C20H31N3O3. The molecule has 26 heavy (non-hydrogen) atoms. The first-order valence-corrected chi connectivity index (χ1v) is 9.57. The van der Waals surface area contributed by atoms with Gasteiger partial charge in [-0.05, 0) is 38.0 Å². The van der Waals surface area contributed by atoms with E-state index in [0.29, 0.717) is 19.6 Å². The zero-order chi connectivity index (χ0) is 18.9. The molecule has 0 aliphatic carbocycles. The van der Waals surface area contributed by atoms with Crippen LogP contribution in [0.4, 0.5) is 0 Å². The maximum absolute atomic E-state index is 12.3. The van der Waals surface area contributed by atoms with Crippen molar-refractivity contribution >= 4 is 11.8 Å². The van der Waals surface area contributed by atoms with Crippen LogP contribution in [0.25, 0.3) is 0 Å². The Morgan fingerprint density at radius 3 is 2.15 bits per heavy atom. The molecule has 0 N–H and O–H groups in total. The Morgan fingerprint density at radius 1 is 1.00 bits per heavy atom. The molecule has 0 bridgehead atoms. The molecule has 1 saturated heterocycles. The molecule has 0 spiro atoms. The SMILES string of the molecule is CCc1ccc(OCC(=O)N2CCN(CC(=O)N(CC)CC)CC2)cc1. The van der Waals surface area contributed by atoms with Crippen LogP contribution in [0.2, 0.25) is 0 Å². The highest BCUT2D eigenvalue weighted by Gasteiger charge is 2.23. The van der Waals surface area contributed by atoms with E-state index in [2.05, 4.69) is 11.8 Å². The van der Waals surface area contributed by atoms with E-state index in [9.17, 15) is 9.59 Å². The molecule has 2 rings (SSSR count). The van der Waals surface area contributed by atoms with E-state index in [4.69, 9.17) is 4.74 Å². The molecule has 0 radical (unpaired) electrons. The number of carbonyl (C=O) groups is 2. The van der Waals surface area contributed by atoms with Crippen LogP contribution in [0.1, 0.15) is 26.3 Å². The zero-order valence-electron chi connectivity index (χ0n) is 16.2. The fraction of sp³-hybridized carbons (Fsp3) is 0.600. The highest BCUT2D eigenvalue weighted by atomic mass is 16.5. The summed E-state index contributed by atoms with van der Waals surface area (Å²) in [6.07, 6.45) is 0.986. The van der Waals surface area contributed by atoms with Crippen molar-refractivity contribution in [1.82, 2.24) is 14.7 Å². The van der Waals surface area contributed by atoms with E-state index < -0.39 is 0 Å². The van der Waals surface area contributed by atoms with Gasteiger partial charge in [-0.1, -0.05) is 19.1 Å². The Labute approximate surface area is 156 Å². The highest BCUT2D eigenvalue weighted by molar-refractivity contribution is 5.79. The molecular weight excluding hydrogens is 330 g/mol. The number of carbonyl (C=O) groups excluding carboxylic acids is 2. The molecule has 1 aliphatic rings. The number of benzene rings is 1. The van der Waals surface area contributed by atoms with Crippen LogP contribution >= 0.6 is 0 Å². The van der Waals surface area contributed by atoms with Crippen LogP contribution in [0.3, 0.4) is 0 Å². The Morgan fingerprint density at radius 2 is 1.62 bits per heavy atom. The number of nitrogens with zero attached hydrogens (tertiary/aromatic N) is 3. The van der Waals surface area contributed by atoms with Gasteiger partial charge in [0.2, 0.25) is 5.91 Å². The molecule has 0 saturated carbocycles. The van der Waals surface area contributed by atoms with Crippen molar-refractivity contribution in [2.75, 3.05) is 52.4 Å². The van der Waals surface area contributed by atoms with Gasteiger partial charge in [-0.15, -0.1) is 0 Å². The summed E-state index contributed by atoms with van der Waals surface area (Å²) in [5, 5.41) is 0. The van der Waals surface area contributed by atoms with Gasteiger partial charge in [0, 0.05) is 39.3 Å². The topological polar surface area (TPSA) is 53.1 Å². The van der Waals surface area contributed by atoms with E-state index in [1.807, 2.05) is 47.9 Å². The molecule has 0 unspecified atom stereocenters. The number of hydrogen-bond acceptors (Lipinski definition) is 4. The molecule has 1 aliphatic heterocycles. The van der Waals surface area contributed by atoms with Crippen LogP contribution in [-0.2, 0) is 16.0 Å². The van der Waals surface area contributed by atoms with Gasteiger partial charge in [-0.25, -0.2) is 0 Å². The number of likely N-dealkylation sites (N-methyl/N-ethyl adjacent to an activating group) is 1. The lowest BCUT2D eigenvalue weighted by molar-refractivity contribution is -0.136. The first kappa shape index (κ1) is 20.2. The maximum Gasteiger partial charge on any atom is 0.260 e. The molecule has 1 aromatic rings. The van der Waals surface area contributed by atoms with Crippen LogP contribution < -0.4 is 4.74 Å². The van der Waals surface area contributed by atoms with E-state index in [1.165, 1.54) is 5.56 Å². The second kappa shape index (κ2) is 10.2. The van der Waals surface area contributed by atoms with Crippen LogP contribution in [0, 0.1) is 0 Å². The van der Waals surface area contributed by atoms with Crippen molar-refractivity contribution in [2.24, 2.45) is 0 Å². The van der Waals surface area contributed by atoms with Crippen molar-refractivity contribution in [3.05, 3.63) is 29.8 Å². The third-order valence-electron chi connectivity index (χ3n) is 4.89. The summed E-state index contributed by atoms with van der Waals surface area (Å²) in [5.74, 6) is 0.881. The molecule has 144 valence electrons. The highest BCUT2D eigenvalue weighted by Crippen LogP contribution is 2.13. The number of piperazine rings is 1. The zero-order valence-corrected chi connectivity index (χ0v) is 16.2. The largest absolute Gasteiger partial charge is 0.484 e. The lowest BCUT2D eigenvalue weighted by Gasteiger charge is -2.35. The van der Waals surface area contributed by atoms with Crippen molar-refractivity contribution in [3.8, 4) is 5.75 Å². The normalized spacial score (nSPS) is 15.0. The summed E-state index contributed by atoms with van der Waals surface area (Å²) in [4.78, 5) is 30.3. The lowest BCUT2D eigenvalue weighted by Crippen LogP contribution is -2.52. The minimum atomic E-state index is -0.000660. The minimum Gasteiger partial charge on any atom is -0.484 e. The van der Waals surface area contributed by atoms with Crippen LogP contribution in [0.5, 0.6) is 5.75 Å². The first-order chi connectivity index (χ1) is 12.6. The summed E-state index contributed by atoms with van der Waals surface area (Å²) in [6, 6.07) is 7.85. The number of hydrogen-bond donors (Lipinski definition) is 0. The van der Waals surface area contributed by atoms with Gasteiger partial charge in [-0.2, -0.15) is 0 Å².